The SMILES string of the molecule is O=C(NC1CCCc2occc21)c1cc([N+](=O)[O-])ccc1N1CCCCC1. The van der Waals surface area contributed by atoms with Gasteiger partial charge in [-0.2, -0.15) is 0 Å². The summed E-state index contributed by atoms with van der Waals surface area (Å²) in [5, 5.41) is 14.3. The van der Waals surface area contributed by atoms with E-state index >= 15 is 0 Å². The van der Waals surface area contributed by atoms with Gasteiger partial charge in [-0.05, 0) is 44.2 Å². The molecular formula is C20H23N3O4. The zero-order valence-electron chi connectivity index (χ0n) is 15.1. The maximum Gasteiger partial charge on any atom is 0.270 e. The Kier molecular flexibility index (Phi) is 4.83. The van der Waals surface area contributed by atoms with E-state index in [9.17, 15) is 14.9 Å². The molecule has 1 atom stereocenters. The first-order chi connectivity index (χ1) is 13.1. The topological polar surface area (TPSA) is 88.6 Å². The number of hydrogen-bond donors (Lipinski definition) is 1. The van der Waals surface area contributed by atoms with E-state index in [1.54, 1.807) is 12.3 Å². The van der Waals surface area contributed by atoms with Gasteiger partial charge in [0.05, 0.1) is 28.5 Å². The van der Waals surface area contributed by atoms with Crippen LogP contribution in [0.15, 0.2) is 34.9 Å². The summed E-state index contributed by atoms with van der Waals surface area (Å²) < 4.78 is 5.49. The van der Waals surface area contributed by atoms with E-state index in [0.29, 0.717) is 5.56 Å². The molecule has 1 unspecified atom stereocenters. The number of furan rings is 1. The number of anilines is 1. The number of piperidine rings is 1. The molecule has 1 aliphatic heterocycles. The van der Waals surface area contributed by atoms with E-state index in [-0.39, 0.29) is 17.6 Å². The molecule has 1 aliphatic carbocycles. The van der Waals surface area contributed by atoms with E-state index in [1.165, 1.54) is 18.6 Å². The van der Waals surface area contributed by atoms with Crippen LogP contribution in [0.1, 0.15) is 59.8 Å². The van der Waals surface area contributed by atoms with Gasteiger partial charge >= 0.3 is 0 Å². The van der Waals surface area contributed by atoms with Crippen molar-refractivity contribution in [3.8, 4) is 0 Å². The van der Waals surface area contributed by atoms with E-state index in [0.717, 1.165) is 62.2 Å². The van der Waals surface area contributed by atoms with Gasteiger partial charge in [0.2, 0.25) is 0 Å². The zero-order valence-corrected chi connectivity index (χ0v) is 15.1. The fourth-order valence-electron chi connectivity index (χ4n) is 4.10. The lowest BCUT2D eigenvalue weighted by atomic mass is 9.93. The number of nitro groups is 1. The number of nitrogens with zero attached hydrogens (tertiary/aromatic N) is 2. The molecule has 27 heavy (non-hydrogen) atoms. The van der Waals surface area contributed by atoms with Crippen LogP contribution in [0.5, 0.6) is 0 Å². The molecular weight excluding hydrogens is 346 g/mol. The van der Waals surface area contributed by atoms with Gasteiger partial charge in [0.25, 0.3) is 11.6 Å². The molecule has 0 saturated carbocycles. The van der Waals surface area contributed by atoms with Crippen molar-refractivity contribution < 1.29 is 14.1 Å². The summed E-state index contributed by atoms with van der Waals surface area (Å²) in [4.78, 5) is 26.0. The summed E-state index contributed by atoms with van der Waals surface area (Å²) in [6, 6.07) is 6.38. The number of amides is 1. The molecule has 4 rings (SSSR count). The molecule has 2 aliphatic rings. The van der Waals surface area contributed by atoms with Crippen LogP contribution in [0.3, 0.4) is 0 Å². The van der Waals surface area contributed by atoms with Crippen molar-refractivity contribution in [2.24, 2.45) is 0 Å². The van der Waals surface area contributed by atoms with Crippen LogP contribution in [0.25, 0.3) is 0 Å². The first-order valence-corrected chi connectivity index (χ1v) is 9.54. The minimum absolute atomic E-state index is 0.0615. The zero-order chi connectivity index (χ0) is 18.8. The Morgan fingerprint density at radius 1 is 1.19 bits per heavy atom. The lowest BCUT2D eigenvalue weighted by Crippen LogP contribution is -2.34. The summed E-state index contributed by atoms with van der Waals surface area (Å²) in [5.41, 5.74) is 2.11. The van der Waals surface area contributed by atoms with Crippen molar-refractivity contribution >= 4 is 17.3 Å². The molecule has 1 N–H and O–H groups in total. The number of fused-ring (bicyclic) bond motifs is 1. The van der Waals surface area contributed by atoms with Gasteiger partial charge in [0, 0.05) is 37.2 Å². The summed E-state index contributed by atoms with van der Waals surface area (Å²) in [5.74, 6) is 0.653. The van der Waals surface area contributed by atoms with Crippen LogP contribution in [-0.4, -0.2) is 23.9 Å². The first-order valence-electron chi connectivity index (χ1n) is 9.54. The number of rotatable bonds is 4. The third kappa shape index (κ3) is 3.54. The molecule has 1 saturated heterocycles. The molecule has 1 amide bonds. The average molecular weight is 369 g/mol. The highest BCUT2D eigenvalue weighted by Gasteiger charge is 2.27. The Hall–Kier alpha value is -2.83. The van der Waals surface area contributed by atoms with Crippen molar-refractivity contribution in [1.82, 2.24) is 5.32 Å². The number of benzene rings is 1. The highest BCUT2D eigenvalue weighted by atomic mass is 16.6. The second-order valence-electron chi connectivity index (χ2n) is 7.22. The summed E-state index contributed by atoms with van der Waals surface area (Å²) in [6.45, 7) is 1.74. The number of nitro benzene ring substituents is 1. The van der Waals surface area contributed by atoms with Crippen LogP contribution in [0, 0.1) is 10.1 Å². The highest BCUT2D eigenvalue weighted by Crippen LogP contribution is 2.32. The Balaban J connectivity index is 1.63. The third-order valence-electron chi connectivity index (χ3n) is 5.49. The molecule has 7 nitrogen and oxygen atoms in total. The van der Waals surface area contributed by atoms with Crippen LogP contribution in [0.2, 0.25) is 0 Å². The summed E-state index contributed by atoms with van der Waals surface area (Å²) >= 11 is 0. The third-order valence-corrected chi connectivity index (χ3v) is 5.49. The lowest BCUT2D eigenvalue weighted by Gasteiger charge is -2.31. The fourth-order valence-corrected chi connectivity index (χ4v) is 4.10. The minimum atomic E-state index is -0.453. The van der Waals surface area contributed by atoms with Gasteiger partial charge in [0.15, 0.2) is 0 Å². The Bertz CT molecular complexity index is 855. The molecule has 1 fully saturated rings. The predicted octanol–water partition coefficient (Wildman–Crippen LogP) is 3.99. The number of nitrogens with one attached hydrogen (secondary N) is 1. The molecule has 2 heterocycles. The number of carbonyl (C=O) groups is 1. The number of non-ortho nitro benzene ring substituents is 1. The number of hydrogen-bond acceptors (Lipinski definition) is 5. The van der Waals surface area contributed by atoms with Gasteiger partial charge in [-0.1, -0.05) is 0 Å². The second-order valence-corrected chi connectivity index (χ2v) is 7.22. The normalized spacial score (nSPS) is 19.4. The molecule has 0 bridgehead atoms. The Morgan fingerprint density at radius 2 is 2.00 bits per heavy atom. The van der Waals surface area contributed by atoms with Gasteiger partial charge in [-0.3, -0.25) is 14.9 Å². The van der Waals surface area contributed by atoms with Crippen molar-refractivity contribution in [2.45, 2.75) is 44.6 Å². The summed E-state index contributed by atoms with van der Waals surface area (Å²) in [6.07, 6.45) is 7.63. The van der Waals surface area contributed by atoms with E-state index in [1.807, 2.05) is 6.07 Å². The number of aryl methyl sites for hydroxylation is 1. The fraction of sp³-hybridized carbons (Fsp3) is 0.450. The van der Waals surface area contributed by atoms with Crippen molar-refractivity contribution in [2.75, 3.05) is 18.0 Å². The second kappa shape index (κ2) is 7.42. The average Bonchev–Trinajstić information content (AvgIpc) is 3.18. The molecule has 1 aromatic carbocycles. The number of carbonyl (C=O) groups excluding carboxylic acids is 1. The molecule has 0 spiro atoms. The highest BCUT2D eigenvalue weighted by molar-refractivity contribution is 6.00. The predicted molar refractivity (Wildman–Crippen MR) is 101 cm³/mol. The molecule has 2 aromatic rings. The molecule has 0 radical (unpaired) electrons. The van der Waals surface area contributed by atoms with Gasteiger partial charge in [-0.15, -0.1) is 0 Å². The van der Waals surface area contributed by atoms with E-state index < -0.39 is 4.92 Å². The molecule has 1 aromatic heterocycles. The minimum Gasteiger partial charge on any atom is -0.469 e. The van der Waals surface area contributed by atoms with E-state index in [4.69, 9.17) is 4.42 Å². The van der Waals surface area contributed by atoms with Crippen molar-refractivity contribution in [3.63, 3.8) is 0 Å². The van der Waals surface area contributed by atoms with Crippen LogP contribution in [-0.2, 0) is 6.42 Å². The van der Waals surface area contributed by atoms with Crippen molar-refractivity contribution in [3.05, 3.63) is 57.5 Å². The first kappa shape index (κ1) is 17.6. The monoisotopic (exact) mass is 369 g/mol. The smallest absolute Gasteiger partial charge is 0.270 e. The summed E-state index contributed by atoms with van der Waals surface area (Å²) in [7, 11) is 0. The molecule has 142 valence electrons. The van der Waals surface area contributed by atoms with Crippen LogP contribution in [0.4, 0.5) is 11.4 Å². The molecule has 7 heteroatoms. The van der Waals surface area contributed by atoms with Crippen molar-refractivity contribution in [1.29, 1.82) is 0 Å². The van der Waals surface area contributed by atoms with E-state index in [2.05, 4.69) is 10.2 Å². The standard InChI is InChI=1S/C20H23N3O4/c24-20(21-17-5-4-6-19-15(17)9-12-27-19)16-13-14(23(25)26)7-8-18(16)22-10-2-1-3-11-22/h7-9,12-13,17H,1-6,10-11H2,(H,21,24). The van der Waals surface area contributed by atoms with Gasteiger partial charge in [-0.25, -0.2) is 0 Å². The maximum atomic E-state index is 13.1. The Labute approximate surface area is 157 Å². The largest absolute Gasteiger partial charge is 0.469 e. The van der Waals surface area contributed by atoms with Gasteiger partial charge < -0.3 is 14.6 Å². The van der Waals surface area contributed by atoms with Crippen LogP contribution >= 0.6 is 0 Å². The Morgan fingerprint density at radius 3 is 2.78 bits per heavy atom. The quantitative estimate of drug-likeness (QED) is 0.650. The van der Waals surface area contributed by atoms with Crippen LogP contribution < -0.4 is 10.2 Å². The lowest BCUT2D eigenvalue weighted by molar-refractivity contribution is -0.384. The maximum absolute atomic E-state index is 13.1. The van der Waals surface area contributed by atoms with Gasteiger partial charge in [0.1, 0.15) is 5.76 Å².